The zero-order chi connectivity index (χ0) is 14.8. The number of hydrogen-bond acceptors (Lipinski definition) is 4. The molecule has 108 valence electrons. The summed E-state index contributed by atoms with van der Waals surface area (Å²) in [5, 5.41) is 0. The van der Waals surface area contributed by atoms with Crippen molar-refractivity contribution in [2.45, 2.75) is 38.0 Å². The van der Waals surface area contributed by atoms with Gasteiger partial charge in [-0.25, -0.2) is 8.42 Å². The van der Waals surface area contributed by atoms with Gasteiger partial charge in [0.1, 0.15) is 5.75 Å². The van der Waals surface area contributed by atoms with Crippen LogP contribution in [0.4, 0.5) is 0 Å². The summed E-state index contributed by atoms with van der Waals surface area (Å²) in [5.41, 5.74) is 8.14. The van der Waals surface area contributed by atoms with Gasteiger partial charge in [0.15, 0.2) is 9.84 Å². The minimum absolute atomic E-state index is 0.463. The molecule has 0 bridgehead atoms. The molecule has 1 atom stereocenters. The SMILES string of the molecule is COc1ccc(C)cc1CC(N)C(C)(C)S(C)(=O)=O. The molecular formula is C14H23NO3S. The third-order valence-electron chi connectivity index (χ3n) is 3.72. The molecule has 0 aliphatic rings. The van der Waals surface area contributed by atoms with Gasteiger partial charge < -0.3 is 10.5 Å². The lowest BCUT2D eigenvalue weighted by Gasteiger charge is -2.30. The molecule has 0 saturated heterocycles. The fourth-order valence-corrected chi connectivity index (χ4v) is 2.46. The highest BCUT2D eigenvalue weighted by Gasteiger charge is 2.37. The van der Waals surface area contributed by atoms with Crippen LogP contribution in [0.1, 0.15) is 25.0 Å². The van der Waals surface area contributed by atoms with E-state index in [4.69, 9.17) is 10.5 Å². The first-order valence-electron chi connectivity index (χ1n) is 6.18. The topological polar surface area (TPSA) is 69.4 Å². The van der Waals surface area contributed by atoms with Crippen molar-refractivity contribution in [3.05, 3.63) is 29.3 Å². The van der Waals surface area contributed by atoms with Crippen LogP contribution in [0, 0.1) is 6.92 Å². The van der Waals surface area contributed by atoms with Crippen LogP contribution in [0.2, 0.25) is 0 Å². The first-order valence-corrected chi connectivity index (χ1v) is 8.07. The minimum atomic E-state index is -3.22. The van der Waals surface area contributed by atoms with E-state index in [2.05, 4.69) is 0 Å². The summed E-state index contributed by atoms with van der Waals surface area (Å²) in [6.07, 6.45) is 1.69. The molecular weight excluding hydrogens is 262 g/mol. The summed E-state index contributed by atoms with van der Waals surface area (Å²) in [4.78, 5) is 0. The van der Waals surface area contributed by atoms with Crippen molar-refractivity contribution >= 4 is 9.84 Å². The molecule has 19 heavy (non-hydrogen) atoms. The molecule has 0 amide bonds. The summed E-state index contributed by atoms with van der Waals surface area (Å²) in [6.45, 7) is 5.31. The van der Waals surface area contributed by atoms with Crippen molar-refractivity contribution in [1.29, 1.82) is 0 Å². The van der Waals surface area contributed by atoms with E-state index in [0.29, 0.717) is 6.42 Å². The van der Waals surface area contributed by atoms with E-state index in [1.807, 2.05) is 25.1 Å². The third kappa shape index (κ3) is 3.48. The van der Waals surface area contributed by atoms with Crippen LogP contribution in [-0.4, -0.2) is 32.6 Å². The van der Waals surface area contributed by atoms with Gasteiger partial charge in [-0.2, -0.15) is 0 Å². The molecule has 0 aromatic heterocycles. The Balaban J connectivity index is 3.06. The molecule has 1 aromatic rings. The molecule has 0 radical (unpaired) electrons. The van der Waals surface area contributed by atoms with Crippen LogP contribution in [-0.2, 0) is 16.3 Å². The number of benzene rings is 1. The van der Waals surface area contributed by atoms with Gasteiger partial charge in [-0.05, 0) is 38.8 Å². The number of nitrogens with two attached hydrogens (primary N) is 1. The zero-order valence-electron chi connectivity index (χ0n) is 12.2. The van der Waals surface area contributed by atoms with Gasteiger partial charge in [0.2, 0.25) is 0 Å². The number of sulfone groups is 1. The van der Waals surface area contributed by atoms with Crippen LogP contribution >= 0.6 is 0 Å². The Morgan fingerprint density at radius 3 is 2.42 bits per heavy atom. The average Bonchev–Trinajstić information content (AvgIpc) is 2.27. The molecule has 0 heterocycles. The molecule has 1 unspecified atom stereocenters. The quantitative estimate of drug-likeness (QED) is 0.894. The van der Waals surface area contributed by atoms with E-state index >= 15 is 0 Å². The smallest absolute Gasteiger partial charge is 0.154 e. The molecule has 0 spiro atoms. The first kappa shape index (κ1) is 16.0. The van der Waals surface area contributed by atoms with Gasteiger partial charge in [0, 0.05) is 12.3 Å². The lowest BCUT2D eigenvalue weighted by Crippen LogP contribution is -2.50. The van der Waals surface area contributed by atoms with Crippen LogP contribution in [0.3, 0.4) is 0 Å². The Morgan fingerprint density at radius 1 is 1.37 bits per heavy atom. The minimum Gasteiger partial charge on any atom is -0.496 e. The number of ether oxygens (including phenoxy) is 1. The Labute approximate surface area is 115 Å². The average molecular weight is 285 g/mol. The molecule has 1 rings (SSSR count). The Morgan fingerprint density at radius 2 is 1.95 bits per heavy atom. The molecule has 4 nitrogen and oxygen atoms in total. The maximum atomic E-state index is 11.8. The van der Waals surface area contributed by atoms with Crippen molar-refractivity contribution in [3.8, 4) is 5.75 Å². The molecule has 2 N–H and O–H groups in total. The second-order valence-corrected chi connectivity index (χ2v) is 8.10. The summed E-state index contributed by atoms with van der Waals surface area (Å²) in [7, 11) is -1.62. The van der Waals surface area contributed by atoms with E-state index < -0.39 is 20.6 Å². The molecule has 5 heteroatoms. The molecule has 0 aliphatic carbocycles. The molecule has 0 saturated carbocycles. The summed E-state index contributed by atoms with van der Waals surface area (Å²) in [5.74, 6) is 0.741. The van der Waals surface area contributed by atoms with Gasteiger partial charge >= 0.3 is 0 Å². The maximum Gasteiger partial charge on any atom is 0.154 e. The van der Waals surface area contributed by atoms with E-state index in [-0.39, 0.29) is 0 Å². The maximum absolute atomic E-state index is 11.8. The Hall–Kier alpha value is -1.07. The lowest BCUT2D eigenvalue weighted by atomic mass is 9.95. The fraction of sp³-hybridized carbons (Fsp3) is 0.571. The van der Waals surface area contributed by atoms with Crippen molar-refractivity contribution in [2.24, 2.45) is 5.73 Å². The monoisotopic (exact) mass is 285 g/mol. The van der Waals surface area contributed by atoms with E-state index in [1.165, 1.54) is 6.26 Å². The molecule has 0 aliphatic heterocycles. The summed E-state index contributed by atoms with van der Waals surface area (Å²) >= 11 is 0. The normalized spacial score (nSPS) is 14.2. The van der Waals surface area contributed by atoms with E-state index in [0.717, 1.165) is 16.9 Å². The van der Waals surface area contributed by atoms with Crippen molar-refractivity contribution < 1.29 is 13.2 Å². The lowest BCUT2D eigenvalue weighted by molar-refractivity contribution is 0.404. The fourth-order valence-electron chi connectivity index (χ4n) is 1.82. The predicted octanol–water partition coefficient (Wildman–Crippen LogP) is 1.70. The van der Waals surface area contributed by atoms with Crippen LogP contribution in [0.25, 0.3) is 0 Å². The predicted molar refractivity (Wildman–Crippen MR) is 78.3 cm³/mol. The third-order valence-corrected chi connectivity index (χ3v) is 5.94. The van der Waals surface area contributed by atoms with Gasteiger partial charge in [-0.1, -0.05) is 17.7 Å². The number of rotatable bonds is 5. The highest BCUT2D eigenvalue weighted by molar-refractivity contribution is 7.92. The number of aryl methyl sites for hydroxylation is 1. The van der Waals surface area contributed by atoms with Crippen LogP contribution < -0.4 is 10.5 Å². The van der Waals surface area contributed by atoms with Gasteiger partial charge in [0.05, 0.1) is 11.9 Å². The number of methoxy groups -OCH3 is 1. The highest BCUT2D eigenvalue weighted by atomic mass is 32.2. The first-order chi connectivity index (χ1) is 8.59. The highest BCUT2D eigenvalue weighted by Crippen LogP contribution is 2.26. The second-order valence-electron chi connectivity index (χ2n) is 5.50. The molecule has 0 fully saturated rings. The van der Waals surface area contributed by atoms with Crippen molar-refractivity contribution in [2.75, 3.05) is 13.4 Å². The molecule has 1 aromatic carbocycles. The van der Waals surface area contributed by atoms with Crippen LogP contribution in [0.5, 0.6) is 5.75 Å². The van der Waals surface area contributed by atoms with Crippen molar-refractivity contribution in [1.82, 2.24) is 0 Å². The van der Waals surface area contributed by atoms with E-state index in [1.54, 1.807) is 21.0 Å². The van der Waals surface area contributed by atoms with Gasteiger partial charge in [0.25, 0.3) is 0 Å². The Bertz CT molecular complexity index is 550. The largest absolute Gasteiger partial charge is 0.496 e. The standard InChI is InChI=1S/C14H23NO3S/c1-10-6-7-12(18-4)11(8-10)9-13(15)14(2,3)19(5,16)17/h6-8,13H,9,15H2,1-5H3. The van der Waals surface area contributed by atoms with Crippen molar-refractivity contribution in [3.63, 3.8) is 0 Å². The Kier molecular flexibility index (Phi) is 4.63. The summed E-state index contributed by atoms with van der Waals surface area (Å²) in [6, 6.07) is 5.33. The van der Waals surface area contributed by atoms with E-state index in [9.17, 15) is 8.42 Å². The second kappa shape index (κ2) is 5.51. The van der Waals surface area contributed by atoms with Gasteiger partial charge in [-0.3, -0.25) is 0 Å². The van der Waals surface area contributed by atoms with Crippen LogP contribution in [0.15, 0.2) is 18.2 Å². The summed E-state index contributed by atoms with van der Waals surface area (Å²) < 4.78 is 27.9. The number of hydrogen-bond donors (Lipinski definition) is 1. The van der Waals surface area contributed by atoms with Gasteiger partial charge in [-0.15, -0.1) is 0 Å². The zero-order valence-corrected chi connectivity index (χ0v) is 13.0.